The summed E-state index contributed by atoms with van der Waals surface area (Å²) in [5, 5.41) is 20.3. The third kappa shape index (κ3) is 0.774. The first-order valence-electron chi connectivity index (χ1n) is 5.15. The molecule has 4 atom stereocenters. The lowest BCUT2D eigenvalue weighted by molar-refractivity contribution is -0.115. The smallest absolute Gasteiger partial charge is 0.0916 e. The van der Waals surface area contributed by atoms with Crippen LogP contribution in [0.25, 0.3) is 0 Å². The van der Waals surface area contributed by atoms with Gasteiger partial charge in [-0.1, -0.05) is 20.8 Å². The summed E-state index contributed by atoms with van der Waals surface area (Å²) in [4.78, 5) is 0. The van der Waals surface area contributed by atoms with Crippen molar-refractivity contribution in [3.8, 4) is 0 Å². The van der Waals surface area contributed by atoms with Crippen LogP contribution in [0.2, 0.25) is 0 Å². The van der Waals surface area contributed by atoms with E-state index >= 15 is 0 Å². The van der Waals surface area contributed by atoms with Gasteiger partial charge in [0.15, 0.2) is 0 Å². The van der Waals surface area contributed by atoms with Crippen LogP contribution in [0.1, 0.15) is 40.5 Å². The van der Waals surface area contributed by atoms with Gasteiger partial charge in [0, 0.05) is 5.41 Å². The van der Waals surface area contributed by atoms with Crippen molar-refractivity contribution in [2.75, 3.05) is 0 Å². The zero-order valence-electron chi connectivity index (χ0n) is 8.96. The van der Waals surface area contributed by atoms with E-state index in [9.17, 15) is 10.2 Å². The average molecular weight is 184 g/mol. The Kier molecular flexibility index (Phi) is 1.54. The topological polar surface area (TPSA) is 40.5 Å². The average Bonchev–Trinajstić information content (AvgIpc) is 2.26. The fourth-order valence-electron chi connectivity index (χ4n) is 3.87. The van der Waals surface area contributed by atoms with Crippen LogP contribution in [0, 0.1) is 16.7 Å². The normalized spacial score (nSPS) is 58.6. The highest BCUT2D eigenvalue weighted by Gasteiger charge is 2.70. The Hall–Kier alpha value is -0.0800. The maximum absolute atomic E-state index is 10.2. The van der Waals surface area contributed by atoms with Gasteiger partial charge in [-0.3, -0.25) is 0 Å². The second kappa shape index (κ2) is 2.12. The Labute approximate surface area is 80.0 Å². The van der Waals surface area contributed by atoms with Crippen LogP contribution in [0.5, 0.6) is 0 Å². The second-order valence-electron chi connectivity index (χ2n) is 5.86. The molecule has 2 saturated carbocycles. The molecular weight excluding hydrogens is 164 g/mol. The Morgan fingerprint density at radius 2 is 1.69 bits per heavy atom. The molecule has 0 aliphatic heterocycles. The van der Waals surface area contributed by atoms with Crippen molar-refractivity contribution in [1.82, 2.24) is 0 Å². The van der Waals surface area contributed by atoms with Crippen LogP contribution in [0.3, 0.4) is 0 Å². The van der Waals surface area contributed by atoms with Crippen LogP contribution < -0.4 is 0 Å². The number of rotatable bonds is 0. The summed E-state index contributed by atoms with van der Waals surface area (Å²) < 4.78 is 0. The second-order valence-corrected chi connectivity index (χ2v) is 5.86. The summed E-state index contributed by atoms with van der Waals surface area (Å²) in [6, 6.07) is 0. The van der Waals surface area contributed by atoms with Crippen molar-refractivity contribution in [2.45, 2.75) is 52.2 Å². The van der Waals surface area contributed by atoms with Crippen molar-refractivity contribution in [3.05, 3.63) is 0 Å². The molecule has 2 nitrogen and oxygen atoms in total. The highest BCUT2D eigenvalue weighted by Crippen LogP contribution is 2.68. The largest absolute Gasteiger partial charge is 0.390 e. The summed E-state index contributed by atoms with van der Waals surface area (Å²) in [7, 11) is 0. The molecule has 0 aromatic heterocycles. The molecule has 76 valence electrons. The van der Waals surface area contributed by atoms with Gasteiger partial charge in [0.1, 0.15) is 0 Å². The van der Waals surface area contributed by atoms with Crippen molar-refractivity contribution in [1.29, 1.82) is 0 Å². The number of hydrogen-bond acceptors (Lipinski definition) is 2. The molecule has 2 aliphatic carbocycles. The molecule has 0 radical (unpaired) electrons. The van der Waals surface area contributed by atoms with Crippen LogP contribution in [0.4, 0.5) is 0 Å². The number of fused-ring (bicyclic) bond motifs is 2. The lowest BCUT2D eigenvalue weighted by Crippen LogP contribution is -2.47. The molecule has 0 aromatic carbocycles. The van der Waals surface area contributed by atoms with E-state index in [1.54, 1.807) is 6.92 Å². The minimum atomic E-state index is -0.878. The van der Waals surface area contributed by atoms with Crippen molar-refractivity contribution >= 4 is 0 Å². The third-order valence-electron chi connectivity index (χ3n) is 5.16. The molecule has 2 heteroatoms. The van der Waals surface area contributed by atoms with Crippen molar-refractivity contribution in [2.24, 2.45) is 16.7 Å². The van der Waals surface area contributed by atoms with E-state index in [2.05, 4.69) is 20.8 Å². The Balaban J connectivity index is 2.51. The summed E-state index contributed by atoms with van der Waals surface area (Å²) in [5.74, 6) is 0.250. The predicted molar refractivity (Wildman–Crippen MR) is 51.2 cm³/mol. The molecule has 2 bridgehead atoms. The maximum atomic E-state index is 10.2. The SMILES string of the molecule is CC1(C)[C@@H]2CC[C@@]1(C)[C@H](O)[C@]2(C)O. The Bertz CT molecular complexity index is 244. The minimum absolute atomic E-state index is 0.0654. The fourth-order valence-corrected chi connectivity index (χ4v) is 3.87. The Morgan fingerprint density at radius 3 is 1.92 bits per heavy atom. The lowest BCUT2D eigenvalue weighted by atomic mass is 9.70. The van der Waals surface area contributed by atoms with E-state index in [-0.39, 0.29) is 16.7 Å². The van der Waals surface area contributed by atoms with Gasteiger partial charge in [0.25, 0.3) is 0 Å². The molecule has 0 spiro atoms. The number of aliphatic hydroxyl groups excluding tert-OH is 1. The van der Waals surface area contributed by atoms with Gasteiger partial charge in [-0.2, -0.15) is 0 Å². The first-order valence-corrected chi connectivity index (χ1v) is 5.15. The monoisotopic (exact) mass is 184 g/mol. The number of aliphatic hydroxyl groups is 2. The van der Waals surface area contributed by atoms with Crippen LogP contribution in [-0.2, 0) is 0 Å². The zero-order chi connectivity index (χ0) is 10.1. The van der Waals surface area contributed by atoms with Gasteiger partial charge in [-0.15, -0.1) is 0 Å². The summed E-state index contributed by atoms with van der Waals surface area (Å²) >= 11 is 0. The van der Waals surface area contributed by atoms with Crippen LogP contribution >= 0.6 is 0 Å². The molecule has 0 unspecified atom stereocenters. The molecule has 2 N–H and O–H groups in total. The third-order valence-corrected chi connectivity index (χ3v) is 5.16. The molecule has 0 saturated heterocycles. The van der Waals surface area contributed by atoms with Gasteiger partial charge >= 0.3 is 0 Å². The van der Waals surface area contributed by atoms with E-state index in [1.807, 2.05) is 0 Å². The standard InChI is InChI=1S/C11H20O2/c1-9(2)7-5-6-10(9,3)8(12)11(7,4)13/h7-8,12-13H,5-6H2,1-4H3/t7-,8-,10-,11+/m0/s1. The minimum Gasteiger partial charge on any atom is -0.390 e. The van der Waals surface area contributed by atoms with Gasteiger partial charge in [-0.05, 0) is 31.1 Å². The molecule has 0 aromatic rings. The summed E-state index contributed by atoms with van der Waals surface area (Å²) in [5.41, 5.74) is -0.909. The molecule has 2 fully saturated rings. The van der Waals surface area contributed by atoms with Crippen LogP contribution in [0.15, 0.2) is 0 Å². The summed E-state index contributed by atoms with van der Waals surface area (Å²) in [6.45, 7) is 8.25. The Morgan fingerprint density at radius 1 is 1.15 bits per heavy atom. The highest BCUT2D eigenvalue weighted by atomic mass is 16.3. The fraction of sp³-hybridized carbons (Fsp3) is 1.00. The van der Waals surface area contributed by atoms with E-state index in [0.717, 1.165) is 12.8 Å². The predicted octanol–water partition coefficient (Wildman–Crippen LogP) is 1.55. The van der Waals surface area contributed by atoms with Crippen molar-refractivity contribution in [3.63, 3.8) is 0 Å². The van der Waals surface area contributed by atoms with E-state index in [4.69, 9.17) is 0 Å². The van der Waals surface area contributed by atoms with Gasteiger partial charge in [0.2, 0.25) is 0 Å². The van der Waals surface area contributed by atoms with Crippen molar-refractivity contribution < 1.29 is 10.2 Å². The first kappa shape index (κ1) is 9.47. The molecule has 2 rings (SSSR count). The first-order chi connectivity index (χ1) is 5.74. The molecular formula is C11H20O2. The molecule has 2 aliphatic rings. The van der Waals surface area contributed by atoms with Crippen LogP contribution in [-0.4, -0.2) is 21.9 Å². The molecule has 0 amide bonds. The lowest BCUT2D eigenvalue weighted by Gasteiger charge is -2.38. The maximum Gasteiger partial charge on any atom is 0.0916 e. The van der Waals surface area contributed by atoms with E-state index in [0.29, 0.717) is 0 Å². The molecule has 0 heterocycles. The zero-order valence-corrected chi connectivity index (χ0v) is 8.96. The highest BCUT2D eigenvalue weighted by molar-refractivity contribution is 5.19. The summed E-state index contributed by atoms with van der Waals surface area (Å²) in [6.07, 6.45) is 1.53. The van der Waals surface area contributed by atoms with Gasteiger partial charge in [-0.25, -0.2) is 0 Å². The van der Waals surface area contributed by atoms with E-state index in [1.165, 1.54) is 0 Å². The molecule has 13 heavy (non-hydrogen) atoms. The van der Waals surface area contributed by atoms with Gasteiger partial charge in [0.05, 0.1) is 11.7 Å². The quantitative estimate of drug-likeness (QED) is 0.599. The number of hydrogen-bond donors (Lipinski definition) is 2. The van der Waals surface area contributed by atoms with Gasteiger partial charge < -0.3 is 10.2 Å². The van der Waals surface area contributed by atoms with E-state index < -0.39 is 11.7 Å².